The smallest absolute Gasteiger partial charge is 0.287 e. The van der Waals surface area contributed by atoms with Crippen LogP contribution in [0.3, 0.4) is 0 Å². The normalized spacial score (nSPS) is 14.5. The van der Waals surface area contributed by atoms with Crippen LogP contribution in [0, 0.1) is 12.8 Å². The van der Waals surface area contributed by atoms with Gasteiger partial charge >= 0.3 is 0 Å². The van der Waals surface area contributed by atoms with E-state index in [2.05, 4.69) is 10.6 Å². The highest BCUT2D eigenvalue weighted by molar-refractivity contribution is 6.09. The largest absolute Gasteiger partial charge is 0.450 e. The predicted molar refractivity (Wildman–Crippen MR) is 122 cm³/mol. The minimum absolute atomic E-state index is 0.0852. The van der Waals surface area contributed by atoms with Crippen LogP contribution in [0.1, 0.15) is 47.5 Å². The van der Waals surface area contributed by atoms with E-state index in [1.54, 1.807) is 0 Å². The first kappa shape index (κ1) is 19.4. The molecule has 0 unspecified atom stereocenters. The molecule has 0 spiro atoms. The fourth-order valence-electron chi connectivity index (χ4n) is 3.96. The van der Waals surface area contributed by atoms with Gasteiger partial charge in [0.05, 0.1) is 6.04 Å². The topological polar surface area (TPSA) is 71.3 Å². The van der Waals surface area contributed by atoms with Crippen molar-refractivity contribution in [2.75, 3.05) is 5.32 Å². The summed E-state index contributed by atoms with van der Waals surface area (Å²) in [6.07, 6.45) is 1.95. The van der Waals surface area contributed by atoms with Crippen molar-refractivity contribution in [2.45, 2.75) is 32.7 Å². The Morgan fingerprint density at radius 1 is 0.968 bits per heavy atom. The molecular weight excluding hydrogens is 388 g/mol. The first-order chi connectivity index (χ1) is 15.0. The molecule has 1 aliphatic rings. The summed E-state index contributed by atoms with van der Waals surface area (Å²) in [6, 6.07) is 19.4. The third kappa shape index (κ3) is 3.67. The average Bonchev–Trinajstić information content (AvgIpc) is 3.57. The zero-order valence-electron chi connectivity index (χ0n) is 17.6. The molecule has 0 aliphatic heterocycles. The van der Waals surface area contributed by atoms with E-state index in [-0.39, 0.29) is 23.8 Å². The van der Waals surface area contributed by atoms with Gasteiger partial charge in [0.15, 0.2) is 5.76 Å². The van der Waals surface area contributed by atoms with Gasteiger partial charge in [-0.15, -0.1) is 0 Å². The molecule has 156 valence electrons. The molecule has 1 atom stereocenters. The van der Waals surface area contributed by atoms with Crippen molar-refractivity contribution in [1.82, 2.24) is 5.32 Å². The van der Waals surface area contributed by atoms with Gasteiger partial charge in [-0.3, -0.25) is 9.59 Å². The summed E-state index contributed by atoms with van der Waals surface area (Å²) >= 11 is 0. The van der Waals surface area contributed by atoms with Crippen LogP contribution in [0.5, 0.6) is 0 Å². The number of hydrogen-bond donors (Lipinski definition) is 2. The molecule has 0 radical (unpaired) electrons. The number of carbonyl (C=O) groups is 2. The van der Waals surface area contributed by atoms with Crippen molar-refractivity contribution < 1.29 is 14.0 Å². The van der Waals surface area contributed by atoms with Gasteiger partial charge < -0.3 is 15.1 Å². The number of anilines is 1. The molecule has 5 rings (SSSR count). The monoisotopic (exact) mass is 412 g/mol. The highest BCUT2D eigenvalue weighted by atomic mass is 16.3. The fourth-order valence-corrected chi connectivity index (χ4v) is 3.96. The van der Waals surface area contributed by atoms with Crippen LogP contribution in [-0.4, -0.2) is 11.8 Å². The maximum atomic E-state index is 13.0. The molecule has 0 bridgehead atoms. The van der Waals surface area contributed by atoms with Crippen molar-refractivity contribution in [1.29, 1.82) is 0 Å². The van der Waals surface area contributed by atoms with Gasteiger partial charge in [-0.1, -0.05) is 48.5 Å². The minimum Gasteiger partial charge on any atom is -0.450 e. The summed E-state index contributed by atoms with van der Waals surface area (Å²) in [5.41, 5.74) is 3.31. The van der Waals surface area contributed by atoms with Crippen LogP contribution in [0.15, 0.2) is 65.1 Å². The molecule has 1 aliphatic carbocycles. The Kier molecular flexibility index (Phi) is 4.74. The highest BCUT2D eigenvalue weighted by Gasteiger charge is 2.29. The zero-order chi connectivity index (χ0) is 21.5. The number of aryl methyl sites for hydroxylation is 1. The molecule has 3 aromatic carbocycles. The van der Waals surface area contributed by atoms with Crippen molar-refractivity contribution in [3.63, 3.8) is 0 Å². The average molecular weight is 412 g/mol. The Bertz CT molecular complexity index is 1300. The first-order valence-electron chi connectivity index (χ1n) is 10.6. The third-order valence-corrected chi connectivity index (χ3v) is 6.01. The molecule has 5 nitrogen and oxygen atoms in total. The zero-order valence-corrected chi connectivity index (χ0v) is 17.6. The quantitative estimate of drug-likeness (QED) is 0.439. The van der Waals surface area contributed by atoms with E-state index in [1.807, 2.05) is 74.5 Å². The first-order valence-corrected chi connectivity index (χ1v) is 10.6. The van der Waals surface area contributed by atoms with Gasteiger partial charge in [-0.25, -0.2) is 0 Å². The van der Waals surface area contributed by atoms with Crippen LogP contribution in [0.25, 0.3) is 21.7 Å². The van der Waals surface area contributed by atoms with Gasteiger partial charge in [-0.05, 0) is 49.8 Å². The number of benzene rings is 3. The summed E-state index contributed by atoms with van der Waals surface area (Å²) in [5.74, 6) is 0.354. The number of fused-ring (bicyclic) bond motifs is 3. The van der Waals surface area contributed by atoms with Gasteiger partial charge in [0.2, 0.25) is 5.91 Å². The van der Waals surface area contributed by atoms with E-state index in [0.29, 0.717) is 5.76 Å². The number of amides is 2. The van der Waals surface area contributed by atoms with Crippen molar-refractivity contribution in [3.05, 3.63) is 77.6 Å². The lowest BCUT2D eigenvalue weighted by atomic mass is 10.1. The second-order valence-corrected chi connectivity index (χ2v) is 8.30. The van der Waals surface area contributed by atoms with E-state index in [1.165, 1.54) is 0 Å². The van der Waals surface area contributed by atoms with Crippen LogP contribution >= 0.6 is 0 Å². The molecule has 1 saturated carbocycles. The van der Waals surface area contributed by atoms with E-state index in [0.717, 1.165) is 51.4 Å². The second kappa shape index (κ2) is 7.58. The van der Waals surface area contributed by atoms with Gasteiger partial charge in [0.25, 0.3) is 5.91 Å². The molecule has 1 heterocycles. The number of furan rings is 1. The van der Waals surface area contributed by atoms with Crippen LogP contribution < -0.4 is 10.6 Å². The Balaban J connectivity index is 1.34. The maximum absolute atomic E-state index is 13.0. The summed E-state index contributed by atoms with van der Waals surface area (Å²) in [4.78, 5) is 24.9. The molecule has 2 N–H and O–H groups in total. The molecular formula is C26H24N2O3. The Labute approximate surface area is 180 Å². The molecule has 2 amide bonds. The van der Waals surface area contributed by atoms with E-state index < -0.39 is 0 Å². The second-order valence-electron chi connectivity index (χ2n) is 8.30. The van der Waals surface area contributed by atoms with Crippen LogP contribution in [0.4, 0.5) is 5.69 Å². The standard InChI is InChI=1S/C26H24N2O3/c1-15-21-14-11-18-5-3-4-6-22(18)24(21)31-23(15)26(30)27-16(2)17-9-12-20(13-10-17)28-25(29)19-7-8-19/h3-6,9-14,16,19H,7-8H2,1-2H3,(H,27,30)(H,28,29)/t16-/m1/s1. The number of rotatable bonds is 5. The van der Waals surface area contributed by atoms with Crippen LogP contribution in [-0.2, 0) is 4.79 Å². The SMILES string of the molecule is Cc1c(C(=O)N[C@H](C)c2ccc(NC(=O)C3CC3)cc2)oc2c1ccc1ccccc12. The van der Waals surface area contributed by atoms with Gasteiger partial charge in [0, 0.05) is 27.9 Å². The minimum atomic E-state index is -0.239. The Morgan fingerprint density at radius 2 is 1.71 bits per heavy atom. The van der Waals surface area contributed by atoms with Gasteiger partial charge in [0.1, 0.15) is 5.58 Å². The molecule has 0 saturated heterocycles. The van der Waals surface area contributed by atoms with Crippen LogP contribution in [0.2, 0.25) is 0 Å². The van der Waals surface area contributed by atoms with E-state index >= 15 is 0 Å². The summed E-state index contributed by atoms with van der Waals surface area (Å²) < 4.78 is 6.04. The number of hydrogen-bond acceptors (Lipinski definition) is 3. The Morgan fingerprint density at radius 3 is 2.45 bits per heavy atom. The molecule has 5 heteroatoms. The third-order valence-electron chi connectivity index (χ3n) is 6.01. The van der Waals surface area contributed by atoms with Crippen molar-refractivity contribution >= 4 is 39.2 Å². The lowest BCUT2D eigenvalue weighted by Crippen LogP contribution is -2.26. The lowest BCUT2D eigenvalue weighted by Gasteiger charge is -2.14. The van der Waals surface area contributed by atoms with Crippen molar-refractivity contribution in [3.8, 4) is 0 Å². The highest BCUT2D eigenvalue weighted by Crippen LogP contribution is 2.32. The molecule has 4 aromatic rings. The molecule has 31 heavy (non-hydrogen) atoms. The summed E-state index contributed by atoms with van der Waals surface area (Å²) in [5, 5.41) is 8.99. The number of carbonyl (C=O) groups excluding carboxylic acids is 2. The van der Waals surface area contributed by atoms with Crippen molar-refractivity contribution in [2.24, 2.45) is 5.92 Å². The maximum Gasteiger partial charge on any atom is 0.287 e. The fraction of sp³-hybridized carbons (Fsp3) is 0.231. The Hall–Kier alpha value is -3.60. The number of nitrogens with one attached hydrogen (secondary N) is 2. The molecule has 1 fully saturated rings. The van der Waals surface area contributed by atoms with E-state index in [4.69, 9.17) is 4.42 Å². The summed E-state index contributed by atoms with van der Waals surface area (Å²) in [7, 11) is 0. The lowest BCUT2D eigenvalue weighted by molar-refractivity contribution is -0.117. The van der Waals surface area contributed by atoms with E-state index in [9.17, 15) is 9.59 Å². The summed E-state index contributed by atoms with van der Waals surface area (Å²) in [6.45, 7) is 3.85. The predicted octanol–water partition coefficient (Wildman–Crippen LogP) is 5.73. The molecule has 1 aromatic heterocycles. The van der Waals surface area contributed by atoms with Gasteiger partial charge in [-0.2, -0.15) is 0 Å².